The minimum atomic E-state index is 0.445. The van der Waals surface area contributed by atoms with Gasteiger partial charge in [-0.15, -0.1) is 15.3 Å². The van der Waals surface area contributed by atoms with Gasteiger partial charge in [-0.25, -0.2) is 0 Å². The quantitative estimate of drug-likeness (QED) is 0.672. The third-order valence-electron chi connectivity index (χ3n) is 3.91. The van der Waals surface area contributed by atoms with Crippen LogP contribution < -0.4 is 4.90 Å². The molecule has 2 aromatic heterocycles. The topological polar surface area (TPSA) is 67.9 Å². The maximum Gasteiger partial charge on any atom is 0.318 e. The molecule has 0 amide bonds. The maximum absolute atomic E-state index is 5.80. The van der Waals surface area contributed by atoms with Crippen molar-refractivity contribution in [2.75, 3.05) is 24.2 Å². The number of hydrogen-bond acceptors (Lipinski definition) is 8. The Morgan fingerprint density at radius 2 is 2.04 bits per heavy atom. The molecule has 23 heavy (non-hydrogen) atoms. The van der Waals surface area contributed by atoms with Crippen molar-refractivity contribution < 1.29 is 4.42 Å². The lowest BCUT2D eigenvalue weighted by Crippen LogP contribution is -2.19. The van der Waals surface area contributed by atoms with Crippen molar-refractivity contribution in [2.24, 2.45) is 0 Å². The van der Waals surface area contributed by atoms with E-state index in [0.717, 1.165) is 23.8 Å². The SMILES string of the molecule is CSc1nnc(-c2nnc(N3CCC(c4ccccc4)C3)o2)s1. The molecule has 1 saturated heterocycles. The van der Waals surface area contributed by atoms with Gasteiger partial charge in [-0.05, 0) is 18.2 Å². The summed E-state index contributed by atoms with van der Waals surface area (Å²) in [5.74, 6) is 0.956. The van der Waals surface area contributed by atoms with Crippen LogP contribution in [0.2, 0.25) is 0 Å². The molecule has 0 aliphatic carbocycles. The van der Waals surface area contributed by atoms with Crippen LogP contribution >= 0.6 is 23.1 Å². The van der Waals surface area contributed by atoms with E-state index in [9.17, 15) is 0 Å². The van der Waals surface area contributed by atoms with Gasteiger partial charge in [-0.2, -0.15) is 0 Å². The number of anilines is 1. The zero-order chi connectivity index (χ0) is 15.6. The Morgan fingerprint density at radius 1 is 1.17 bits per heavy atom. The van der Waals surface area contributed by atoms with E-state index in [1.807, 2.05) is 12.3 Å². The Balaban J connectivity index is 1.49. The number of thioether (sulfide) groups is 1. The Kier molecular flexibility index (Phi) is 4.00. The molecule has 0 spiro atoms. The van der Waals surface area contributed by atoms with E-state index in [0.29, 0.717) is 22.8 Å². The average Bonchev–Trinajstić information content (AvgIpc) is 3.33. The van der Waals surface area contributed by atoms with Crippen LogP contribution in [0.4, 0.5) is 6.01 Å². The van der Waals surface area contributed by atoms with E-state index in [2.05, 4.69) is 49.6 Å². The van der Waals surface area contributed by atoms with Gasteiger partial charge < -0.3 is 9.32 Å². The van der Waals surface area contributed by atoms with Crippen molar-refractivity contribution in [3.63, 3.8) is 0 Å². The van der Waals surface area contributed by atoms with Crippen molar-refractivity contribution in [3.8, 4) is 10.9 Å². The molecular formula is C15H15N5OS2. The summed E-state index contributed by atoms with van der Waals surface area (Å²) in [5, 5.41) is 17.1. The fourth-order valence-electron chi connectivity index (χ4n) is 2.74. The third kappa shape index (κ3) is 2.96. The molecule has 1 atom stereocenters. The molecule has 3 aromatic rings. The van der Waals surface area contributed by atoms with Gasteiger partial charge in [-0.1, -0.05) is 58.5 Å². The molecule has 0 N–H and O–H groups in total. The van der Waals surface area contributed by atoms with Gasteiger partial charge in [0.05, 0.1) is 0 Å². The molecule has 118 valence electrons. The highest BCUT2D eigenvalue weighted by Gasteiger charge is 2.27. The normalized spacial score (nSPS) is 17.8. The first kappa shape index (κ1) is 14.6. The Hall–Kier alpha value is -1.93. The van der Waals surface area contributed by atoms with Crippen LogP contribution in [0.3, 0.4) is 0 Å². The van der Waals surface area contributed by atoms with E-state index in [1.54, 1.807) is 11.8 Å². The van der Waals surface area contributed by atoms with E-state index >= 15 is 0 Å². The highest BCUT2D eigenvalue weighted by molar-refractivity contribution is 8.00. The summed E-state index contributed by atoms with van der Waals surface area (Å²) in [6, 6.07) is 11.1. The maximum atomic E-state index is 5.80. The third-order valence-corrected chi connectivity index (χ3v) is 5.79. The predicted octanol–water partition coefficient (Wildman–Crippen LogP) is 3.30. The largest absolute Gasteiger partial charge is 0.401 e. The van der Waals surface area contributed by atoms with Crippen LogP contribution in [-0.2, 0) is 0 Å². The fraction of sp³-hybridized carbons (Fsp3) is 0.333. The van der Waals surface area contributed by atoms with Crippen molar-refractivity contribution in [1.82, 2.24) is 20.4 Å². The summed E-state index contributed by atoms with van der Waals surface area (Å²) >= 11 is 3.02. The Labute approximate surface area is 141 Å². The van der Waals surface area contributed by atoms with Crippen molar-refractivity contribution in [1.29, 1.82) is 0 Å². The first-order chi connectivity index (χ1) is 11.3. The van der Waals surface area contributed by atoms with Gasteiger partial charge in [0.2, 0.25) is 5.01 Å². The smallest absolute Gasteiger partial charge is 0.318 e. The monoisotopic (exact) mass is 345 g/mol. The molecule has 1 aliphatic heterocycles. The molecule has 0 radical (unpaired) electrons. The zero-order valence-electron chi connectivity index (χ0n) is 12.5. The van der Waals surface area contributed by atoms with Crippen LogP contribution in [0.15, 0.2) is 39.1 Å². The second-order valence-corrected chi connectivity index (χ2v) is 7.34. The van der Waals surface area contributed by atoms with Gasteiger partial charge >= 0.3 is 6.01 Å². The number of hydrogen-bond donors (Lipinski definition) is 0. The van der Waals surface area contributed by atoms with Crippen LogP contribution in [0, 0.1) is 0 Å². The molecule has 6 nitrogen and oxygen atoms in total. The summed E-state index contributed by atoms with van der Waals surface area (Å²) < 4.78 is 6.69. The Morgan fingerprint density at radius 3 is 2.83 bits per heavy atom. The zero-order valence-corrected chi connectivity index (χ0v) is 14.2. The first-order valence-electron chi connectivity index (χ1n) is 7.35. The molecule has 1 unspecified atom stereocenters. The highest BCUT2D eigenvalue weighted by Crippen LogP contribution is 2.32. The summed E-state index contributed by atoms with van der Waals surface area (Å²) in [5.41, 5.74) is 1.36. The highest BCUT2D eigenvalue weighted by atomic mass is 32.2. The lowest BCUT2D eigenvalue weighted by Gasteiger charge is -2.13. The van der Waals surface area contributed by atoms with Crippen molar-refractivity contribution in [2.45, 2.75) is 16.7 Å². The molecular weight excluding hydrogens is 330 g/mol. The average molecular weight is 345 g/mol. The molecule has 0 bridgehead atoms. The Bertz CT molecular complexity index is 788. The minimum absolute atomic E-state index is 0.445. The van der Waals surface area contributed by atoms with Crippen molar-refractivity contribution >= 4 is 29.1 Å². The summed E-state index contributed by atoms with van der Waals surface area (Å²) in [6.07, 6.45) is 3.06. The second kappa shape index (κ2) is 6.29. The van der Waals surface area contributed by atoms with E-state index < -0.39 is 0 Å². The molecule has 0 saturated carbocycles. The summed E-state index contributed by atoms with van der Waals surface area (Å²) in [4.78, 5) is 2.14. The second-order valence-electron chi connectivity index (χ2n) is 5.31. The van der Waals surface area contributed by atoms with Gasteiger partial charge in [0.25, 0.3) is 5.89 Å². The summed E-state index contributed by atoms with van der Waals surface area (Å²) in [6.45, 7) is 1.82. The number of aromatic nitrogens is 4. The number of benzene rings is 1. The molecule has 4 rings (SSSR count). The first-order valence-corrected chi connectivity index (χ1v) is 9.39. The molecule has 1 fully saturated rings. The van der Waals surface area contributed by atoms with Gasteiger partial charge in [0, 0.05) is 19.0 Å². The lowest BCUT2D eigenvalue weighted by atomic mass is 9.99. The van der Waals surface area contributed by atoms with Gasteiger partial charge in [0.15, 0.2) is 4.34 Å². The van der Waals surface area contributed by atoms with Crippen LogP contribution in [-0.4, -0.2) is 39.7 Å². The molecule has 3 heterocycles. The van der Waals surface area contributed by atoms with Crippen LogP contribution in [0.1, 0.15) is 17.9 Å². The lowest BCUT2D eigenvalue weighted by molar-refractivity contribution is 0.555. The fourth-order valence-corrected chi connectivity index (χ4v) is 3.93. The van der Waals surface area contributed by atoms with E-state index in [1.165, 1.54) is 16.9 Å². The van der Waals surface area contributed by atoms with Gasteiger partial charge in [-0.3, -0.25) is 0 Å². The summed E-state index contributed by atoms with van der Waals surface area (Å²) in [7, 11) is 0. The van der Waals surface area contributed by atoms with Gasteiger partial charge in [0.1, 0.15) is 0 Å². The van der Waals surface area contributed by atoms with Crippen LogP contribution in [0.5, 0.6) is 0 Å². The van der Waals surface area contributed by atoms with Crippen molar-refractivity contribution in [3.05, 3.63) is 35.9 Å². The molecule has 1 aromatic carbocycles. The van der Waals surface area contributed by atoms with Crippen LogP contribution in [0.25, 0.3) is 10.9 Å². The van der Waals surface area contributed by atoms with E-state index in [-0.39, 0.29) is 0 Å². The number of rotatable bonds is 4. The van der Waals surface area contributed by atoms with E-state index in [4.69, 9.17) is 4.42 Å². The standard InChI is InChI=1S/C15H15N5OS2/c1-22-15-19-17-13(23-15)12-16-18-14(21-12)20-8-7-11(9-20)10-5-3-2-4-6-10/h2-6,11H,7-9H2,1H3. The molecule has 8 heteroatoms. The minimum Gasteiger partial charge on any atom is -0.401 e. The predicted molar refractivity (Wildman–Crippen MR) is 91.0 cm³/mol. The number of nitrogens with zero attached hydrogens (tertiary/aromatic N) is 5. The molecule has 1 aliphatic rings.